The van der Waals surface area contributed by atoms with E-state index >= 15 is 0 Å². The van der Waals surface area contributed by atoms with Gasteiger partial charge in [-0.2, -0.15) is 4.31 Å². The van der Waals surface area contributed by atoms with Gasteiger partial charge in [0.15, 0.2) is 0 Å². The summed E-state index contributed by atoms with van der Waals surface area (Å²) in [6.07, 6.45) is 0. The van der Waals surface area contributed by atoms with Crippen LogP contribution in [0.15, 0.2) is 14.3 Å². The third kappa shape index (κ3) is 4.73. The molecular formula is C11H14Br2N2O4S2. The monoisotopic (exact) mass is 460 g/mol. The first-order valence-electron chi connectivity index (χ1n) is 6.19. The molecule has 0 unspecified atom stereocenters. The molecule has 1 N–H and O–H groups in total. The van der Waals surface area contributed by atoms with Gasteiger partial charge in [-0.3, -0.25) is 4.79 Å². The number of hydrogen-bond donors (Lipinski definition) is 1. The van der Waals surface area contributed by atoms with Gasteiger partial charge < -0.3 is 10.1 Å². The van der Waals surface area contributed by atoms with Crippen molar-refractivity contribution in [2.45, 2.75) is 0 Å². The van der Waals surface area contributed by atoms with Crippen molar-refractivity contribution >= 4 is 59.1 Å². The molecule has 0 radical (unpaired) electrons. The zero-order chi connectivity index (χ0) is 15.5. The molecule has 6 nitrogen and oxygen atoms in total. The second-order valence-electron chi connectivity index (χ2n) is 4.32. The predicted octanol–water partition coefficient (Wildman–Crippen LogP) is 1.66. The maximum Gasteiger partial charge on any atom is 0.261 e. The maximum absolute atomic E-state index is 12.1. The summed E-state index contributed by atoms with van der Waals surface area (Å²) >= 11 is 7.91. The number of ether oxygens (including phenoxy) is 1. The lowest BCUT2D eigenvalue weighted by atomic mass is 10.4. The highest BCUT2D eigenvalue weighted by molar-refractivity contribution is 9.13. The number of sulfonamides is 1. The van der Waals surface area contributed by atoms with Crippen molar-refractivity contribution in [3.05, 3.63) is 19.2 Å². The van der Waals surface area contributed by atoms with E-state index in [2.05, 4.69) is 37.2 Å². The van der Waals surface area contributed by atoms with Crippen LogP contribution in [0.4, 0.5) is 0 Å². The normalized spacial score (nSPS) is 16.9. The van der Waals surface area contributed by atoms with Crippen LogP contribution in [-0.2, 0) is 14.8 Å². The SMILES string of the molecule is O=C(NCCS(=O)(=O)N1CCOCC1)c1cc(Br)c(Br)s1. The van der Waals surface area contributed by atoms with Gasteiger partial charge in [0.05, 0.1) is 27.6 Å². The zero-order valence-electron chi connectivity index (χ0n) is 11.0. The smallest absolute Gasteiger partial charge is 0.261 e. The van der Waals surface area contributed by atoms with Crippen LogP contribution in [0.2, 0.25) is 0 Å². The van der Waals surface area contributed by atoms with E-state index in [1.807, 2.05) is 0 Å². The first-order chi connectivity index (χ1) is 9.90. The van der Waals surface area contributed by atoms with Crippen molar-refractivity contribution in [2.24, 2.45) is 0 Å². The molecule has 1 amide bonds. The van der Waals surface area contributed by atoms with E-state index in [4.69, 9.17) is 4.74 Å². The molecule has 0 atom stereocenters. The molecule has 2 heterocycles. The number of amides is 1. The molecular weight excluding hydrogens is 448 g/mol. The van der Waals surface area contributed by atoms with Crippen molar-refractivity contribution < 1.29 is 17.9 Å². The molecule has 0 spiro atoms. The molecule has 0 saturated carbocycles. The summed E-state index contributed by atoms with van der Waals surface area (Å²) in [6, 6.07) is 1.69. The number of carbonyl (C=O) groups is 1. The van der Waals surface area contributed by atoms with E-state index in [-0.39, 0.29) is 18.2 Å². The molecule has 1 aliphatic rings. The second kappa shape index (κ2) is 7.51. The van der Waals surface area contributed by atoms with Crippen molar-refractivity contribution in [3.8, 4) is 0 Å². The third-order valence-corrected chi connectivity index (χ3v) is 8.00. The highest BCUT2D eigenvalue weighted by Crippen LogP contribution is 2.32. The average Bonchev–Trinajstić information content (AvgIpc) is 2.79. The van der Waals surface area contributed by atoms with Crippen LogP contribution >= 0.6 is 43.2 Å². The van der Waals surface area contributed by atoms with Crippen molar-refractivity contribution in [3.63, 3.8) is 0 Å². The highest BCUT2D eigenvalue weighted by Gasteiger charge is 2.24. The lowest BCUT2D eigenvalue weighted by Crippen LogP contribution is -2.43. The Bertz CT molecular complexity index is 592. The van der Waals surface area contributed by atoms with E-state index in [0.717, 1.165) is 8.26 Å². The molecule has 1 fully saturated rings. The number of rotatable bonds is 5. The Morgan fingerprint density at radius 2 is 2.05 bits per heavy atom. The number of nitrogens with one attached hydrogen (secondary N) is 1. The molecule has 10 heteroatoms. The first kappa shape index (κ1) is 17.4. The van der Waals surface area contributed by atoms with E-state index < -0.39 is 10.0 Å². The second-order valence-corrected chi connectivity index (χ2v) is 9.63. The largest absolute Gasteiger partial charge is 0.379 e. The van der Waals surface area contributed by atoms with Gasteiger partial charge >= 0.3 is 0 Å². The quantitative estimate of drug-likeness (QED) is 0.723. The molecule has 2 rings (SSSR count). The first-order valence-corrected chi connectivity index (χ1v) is 10.2. The predicted molar refractivity (Wildman–Crippen MR) is 88.2 cm³/mol. The minimum atomic E-state index is -3.34. The molecule has 0 aromatic carbocycles. The maximum atomic E-state index is 12.1. The van der Waals surface area contributed by atoms with Crippen LogP contribution in [0.5, 0.6) is 0 Å². The van der Waals surface area contributed by atoms with Crippen LogP contribution in [0.3, 0.4) is 0 Å². The zero-order valence-corrected chi connectivity index (χ0v) is 15.8. The van der Waals surface area contributed by atoms with E-state index in [1.54, 1.807) is 6.07 Å². The molecule has 0 bridgehead atoms. The Morgan fingerprint density at radius 1 is 1.38 bits per heavy atom. The Kier molecular flexibility index (Phi) is 6.21. The van der Waals surface area contributed by atoms with Crippen LogP contribution in [-0.4, -0.2) is 57.2 Å². The summed E-state index contributed by atoms with van der Waals surface area (Å²) in [4.78, 5) is 12.4. The minimum absolute atomic E-state index is 0.0890. The molecule has 1 aliphatic heterocycles. The fraction of sp³-hybridized carbons (Fsp3) is 0.545. The Hall–Kier alpha value is -0.000000000000000305. The summed E-state index contributed by atoms with van der Waals surface area (Å²) < 4.78 is 32.3. The van der Waals surface area contributed by atoms with Crippen molar-refractivity contribution in [1.29, 1.82) is 0 Å². The molecule has 0 aliphatic carbocycles. The van der Waals surface area contributed by atoms with Crippen molar-refractivity contribution in [2.75, 3.05) is 38.6 Å². The van der Waals surface area contributed by atoms with Crippen LogP contribution < -0.4 is 5.32 Å². The lowest BCUT2D eigenvalue weighted by molar-refractivity contribution is 0.0730. The summed E-state index contributed by atoms with van der Waals surface area (Å²) in [5.74, 6) is -0.379. The van der Waals surface area contributed by atoms with E-state index in [1.165, 1.54) is 15.6 Å². The van der Waals surface area contributed by atoms with E-state index in [9.17, 15) is 13.2 Å². The highest BCUT2D eigenvalue weighted by atomic mass is 79.9. The number of hydrogen-bond acceptors (Lipinski definition) is 5. The number of nitrogens with zero attached hydrogens (tertiary/aromatic N) is 1. The average molecular weight is 462 g/mol. The fourth-order valence-corrected chi connectivity index (χ4v) is 5.07. The summed E-state index contributed by atoms with van der Waals surface area (Å²) in [7, 11) is -3.34. The third-order valence-electron chi connectivity index (χ3n) is 2.88. The minimum Gasteiger partial charge on any atom is -0.379 e. The van der Waals surface area contributed by atoms with E-state index in [0.29, 0.717) is 31.2 Å². The van der Waals surface area contributed by atoms with Gasteiger partial charge in [-0.1, -0.05) is 0 Å². The Labute approximate surface area is 144 Å². The number of thiophene rings is 1. The van der Waals surface area contributed by atoms with Gasteiger partial charge in [-0.25, -0.2) is 8.42 Å². The standard InChI is InChI=1S/C11H14Br2N2O4S2/c12-8-7-9(20-10(8)13)11(16)14-1-6-21(17,18)15-2-4-19-5-3-15/h7H,1-6H2,(H,14,16). The molecule has 21 heavy (non-hydrogen) atoms. The van der Waals surface area contributed by atoms with Gasteiger partial charge in [-0.05, 0) is 37.9 Å². The van der Waals surface area contributed by atoms with Crippen LogP contribution in [0.1, 0.15) is 9.67 Å². The topological polar surface area (TPSA) is 75.7 Å². The summed E-state index contributed by atoms with van der Waals surface area (Å²) in [5.41, 5.74) is 0. The lowest BCUT2D eigenvalue weighted by Gasteiger charge is -2.25. The van der Waals surface area contributed by atoms with Crippen LogP contribution in [0.25, 0.3) is 0 Å². The van der Waals surface area contributed by atoms with Crippen molar-refractivity contribution in [1.82, 2.24) is 9.62 Å². The number of halogens is 2. The molecule has 1 saturated heterocycles. The van der Waals surface area contributed by atoms with Gasteiger partial charge in [0.1, 0.15) is 0 Å². The summed E-state index contributed by atoms with van der Waals surface area (Å²) in [6.45, 7) is 1.68. The molecule has 118 valence electrons. The summed E-state index contributed by atoms with van der Waals surface area (Å²) in [5, 5.41) is 2.63. The van der Waals surface area contributed by atoms with Gasteiger partial charge in [0.2, 0.25) is 10.0 Å². The van der Waals surface area contributed by atoms with Gasteiger partial charge in [-0.15, -0.1) is 11.3 Å². The fourth-order valence-electron chi connectivity index (χ4n) is 1.79. The van der Waals surface area contributed by atoms with Crippen LogP contribution in [0, 0.1) is 0 Å². The van der Waals surface area contributed by atoms with Gasteiger partial charge in [0.25, 0.3) is 5.91 Å². The number of morpholine rings is 1. The Balaban J connectivity index is 1.84. The Morgan fingerprint density at radius 3 is 2.62 bits per heavy atom. The number of carbonyl (C=O) groups excluding carboxylic acids is 1. The van der Waals surface area contributed by atoms with Gasteiger partial charge in [0, 0.05) is 24.1 Å². The molecule has 1 aromatic heterocycles. The molecule has 1 aromatic rings.